The first-order valence-corrected chi connectivity index (χ1v) is 11.9. The highest BCUT2D eigenvalue weighted by Crippen LogP contribution is 2.48. The smallest absolute Gasteiger partial charge is 0.229 e. The molecule has 2 unspecified atom stereocenters. The zero-order valence-electron chi connectivity index (χ0n) is 18.6. The third-order valence-electron chi connectivity index (χ3n) is 6.01. The summed E-state index contributed by atoms with van der Waals surface area (Å²) < 4.78 is 18.0. The van der Waals surface area contributed by atoms with Crippen LogP contribution in [0.2, 0.25) is 0 Å². The van der Waals surface area contributed by atoms with Crippen LogP contribution in [0.25, 0.3) is 0 Å². The highest BCUT2D eigenvalue weighted by atomic mass is 32.2. The molecule has 2 aromatic rings. The number of nitrogens with zero attached hydrogens (tertiary/aromatic N) is 4. The van der Waals surface area contributed by atoms with Gasteiger partial charge in [-0.05, 0) is 36.3 Å². The van der Waals surface area contributed by atoms with E-state index in [4.69, 9.17) is 4.74 Å². The van der Waals surface area contributed by atoms with Crippen molar-refractivity contribution in [1.82, 2.24) is 9.97 Å². The van der Waals surface area contributed by atoms with E-state index in [-0.39, 0.29) is 5.41 Å². The lowest BCUT2D eigenvalue weighted by Gasteiger charge is -2.38. The average Bonchev–Trinajstić information content (AvgIpc) is 3.14. The van der Waals surface area contributed by atoms with Crippen LogP contribution in [-0.4, -0.2) is 63.7 Å². The van der Waals surface area contributed by atoms with Gasteiger partial charge in [0.05, 0.1) is 41.2 Å². The molecule has 1 spiro atoms. The summed E-state index contributed by atoms with van der Waals surface area (Å²) in [4.78, 5) is 16.5. The van der Waals surface area contributed by atoms with Gasteiger partial charge in [0.2, 0.25) is 5.95 Å². The van der Waals surface area contributed by atoms with Gasteiger partial charge in [0.1, 0.15) is 0 Å². The summed E-state index contributed by atoms with van der Waals surface area (Å²) in [5, 5.41) is 9.88. The molecule has 1 fully saturated rings. The number of aromatic nitrogens is 2. The van der Waals surface area contributed by atoms with E-state index in [0.29, 0.717) is 36.2 Å². The van der Waals surface area contributed by atoms with Crippen molar-refractivity contribution in [3.63, 3.8) is 0 Å². The lowest BCUT2D eigenvalue weighted by atomic mass is 9.81. The predicted molar refractivity (Wildman–Crippen MR) is 127 cm³/mol. The van der Waals surface area contributed by atoms with Crippen LogP contribution in [0.4, 0.5) is 11.6 Å². The quantitative estimate of drug-likeness (QED) is 0.513. The summed E-state index contributed by atoms with van der Waals surface area (Å²) in [5.74, 6) is 1.15. The molecule has 0 aliphatic carbocycles. The van der Waals surface area contributed by atoms with Gasteiger partial charge in [0.25, 0.3) is 0 Å². The number of fused-ring (bicyclic) bond motifs is 2. The van der Waals surface area contributed by atoms with E-state index in [1.807, 2.05) is 19.1 Å². The molecule has 1 saturated heterocycles. The molecule has 0 saturated carbocycles. The number of aliphatic hydroxyl groups is 1. The molecule has 0 radical (unpaired) electrons. The minimum atomic E-state index is -1.03. The van der Waals surface area contributed by atoms with Crippen molar-refractivity contribution in [2.24, 2.45) is 4.99 Å². The number of rotatable bonds is 7. The number of benzene rings is 1. The summed E-state index contributed by atoms with van der Waals surface area (Å²) >= 11 is 0. The second-order valence-corrected chi connectivity index (χ2v) is 9.82. The van der Waals surface area contributed by atoms with Crippen LogP contribution in [0.5, 0.6) is 0 Å². The molecule has 1 aromatic carbocycles. The van der Waals surface area contributed by atoms with E-state index in [1.54, 1.807) is 38.5 Å². The summed E-state index contributed by atoms with van der Waals surface area (Å²) in [7, 11) is 0.655. The SMILES string of the molecule is C=C/C(=C\C(=NC)c1cnc(N2CC3(COC3)c3ccc(S(=O)CC)cc32)nc1)C(C)O. The normalized spacial score (nSPS) is 19.4. The molecule has 2 aliphatic rings. The van der Waals surface area contributed by atoms with Crippen LogP contribution in [0.3, 0.4) is 0 Å². The number of hydrogen-bond donors (Lipinski definition) is 1. The zero-order valence-corrected chi connectivity index (χ0v) is 19.4. The van der Waals surface area contributed by atoms with Gasteiger partial charge in [-0.1, -0.05) is 25.6 Å². The summed E-state index contributed by atoms with van der Waals surface area (Å²) in [6.07, 6.45) is 6.23. The third kappa shape index (κ3) is 3.94. The molecular weight excluding hydrogens is 424 g/mol. The van der Waals surface area contributed by atoms with Crippen molar-refractivity contribution in [3.05, 3.63) is 66.0 Å². The Kier molecular flexibility index (Phi) is 6.37. The van der Waals surface area contributed by atoms with Crippen molar-refractivity contribution in [3.8, 4) is 0 Å². The topological polar surface area (TPSA) is 87.9 Å². The van der Waals surface area contributed by atoms with Crippen LogP contribution in [0, 0.1) is 0 Å². The molecule has 8 heteroatoms. The molecule has 2 aliphatic heterocycles. The Labute approximate surface area is 191 Å². The first-order chi connectivity index (χ1) is 15.4. The fourth-order valence-electron chi connectivity index (χ4n) is 4.12. The Balaban J connectivity index is 1.68. The second kappa shape index (κ2) is 9.05. The Bertz CT molecular complexity index is 1100. The van der Waals surface area contributed by atoms with E-state index >= 15 is 0 Å². The number of anilines is 2. The van der Waals surface area contributed by atoms with E-state index in [0.717, 1.165) is 22.7 Å². The van der Waals surface area contributed by atoms with E-state index in [9.17, 15) is 9.32 Å². The maximum Gasteiger partial charge on any atom is 0.229 e. The molecule has 0 bridgehead atoms. The van der Waals surface area contributed by atoms with Crippen LogP contribution < -0.4 is 4.90 Å². The molecule has 168 valence electrons. The molecule has 1 aromatic heterocycles. The van der Waals surface area contributed by atoms with Gasteiger partial charge >= 0.3 is 0 Å². The van der Waals surface area contributed by atoms with E-state index in [2.05, 4.69) is 32.5 Å². The fraction of sp³-hybridized carbons (Fsp3) is 0.375. The molecule has 7 nitrogen and oxygen atoms in total. The maximum absolute atomic E-state index is 12.4. The standard InChI is InChI=1S/C24H28N4O3S/c1-5-17(16(3)29)9-21(25-4)18-11-26-23(27-12-18)28-13-24(14-31-15-24)20-8-7-19(10-22(20)28)32(30)6-2/h5,7-12,16,29H,1,6,13-15H2,2-4H3/b17-9+,25-21?. The Morgan fingerprint density at radius 2 is 2.12 bits per heavy atom. The number of hydrogen-bond acceptors (Lipinski definition) is 7. The van der Waals surface area contributed by atoms with Crippen molar-refractivity contribution in [2.45, 2.75) is 30.3 Å². The highest BCUT2D eigenvalue weighted by Gasteiger charge is 2.49. The maximum atomic E-state index is 12.4. The number of aliphatic imine (C=N–C) groups is 1. The minimum absolute atomic E-state index is 0.0709. The van der Waals surface area contributed by atoms with Gasteiger partial charge in [0.15, 0.2) is 0 Å². The third-order valence-corrected chi connectivity index (χ3v) is 7.32. The molecule has 4 rings (SSSR count). The van der Waals surface area contributed by atoms with Crippen molar-refractivity contribution < 1.29 is 14.1 Å². The molecular formula is C24H28N4O3S. The second-order valence-electron chi connectivity index (χ2n) is 8.08. The minimum Gasteiger partial charge on any atom is -0.389 e. The highest BCUT2D eigenvalue weighted by molar-refractivity contribution is 7.85. The summed E-state index contributed by atoms with van der Waals surface area (Å²) in [6, 6.07) is 6.04. The first kappa shape index (κ1) is 22.5. The Hall–Kier alpha value is -2.68. The molecule has 32 heavy (non-hydrogen) atoms. The molecule has 0 amide bonds. The van der Waals surface area contributed by atoms with Gasteiger partial charge in [0, 0.05) is 47.9 Å². The lowest BCUT2D eigenvalue weighted by molar-refractivity contribution is -0.0507. The fourth-order valence-corrected chi connectivity index (χ4v) is 4.91. The Morgan fingerprint density at radius 3 is 2.66 bits per heavy atom. The number of ether oxygens (including phenoxy) is 1. The monoisotopic (exact) mass is 452 g/mol. The van der Waals surface area contributed by atoms with Crippen LogP contribution in [0.1, 0.15) is 25.0 Å². The number of aliphatic hydroxyl groups excluding tert-OH is 1. The van der Waals surface area contributed by atoms with Crippen LogP contribution in [-0.2, 0) is 21.0 Å². The molecule has 3 heterocycles. The summed E-state index contributed by atoms with van der Waals surface area (Å²) in [5.41, 5.74) is 4.20. The number of allylic oxidation sites excluding steroid dienone is 1. The predicted octanol–water partition coefficient (Wildman–Crippen LogP) is 2.94. The van der Waals surface area contributed by atoms with E-state index < -0.39 is 16.9 Å². The summed E-state index contributed by atoms with van der Waals surface area (Å²) in [6.45, 7) is 9.39. The van der Waals surface area contributed by atoms with Gasteiger partial charge < -0.3 is 14.7 Å². The van der Waals surface area contributed by atoms with Crippen molar-refractivity contribution in [2.75, 3.05) is 37.5 Å². The molecule has 1 N–H and O–H groups in total. The van der Waals surface area contributed by atoms with Gasteiger partial charge in [-0.2, -0.15) is 0 Å². The first-order valence-electron chi connectivity index (χ1n) is 10.6. The lowest BCUT2D eigenvalue weighted by Crippen LogP contribution is -2.49. The zero-order chi connectivity index (χ0) is 22.9. The average molecular weight is 453 g/mol. The Morgan fingerprint density at radius 1 is 1.41 bits per heavy atom. The van der Waals surface area contributed by atoms with Gasteiger partial charge in [-0.25, -0.2) is 9.97 Å². The largest absolute Gasteiger partial charge is 0.389 e. The van der Waals surface area contributed by atoms with Crippen LogP contribution >= 0.6 is 0 Å². The van der Waals surface area contributed by atoms with Crippen LogP contribution in [0.15, 0.2) is 64.8 Å². The van der Waals surface area contributed by atoms with Gasteiger partial charge in [-0.3, -0.25) is 9.20 Å². The van der Waals surface area contributed by atoms with Gasteiger partial charge in [-0.15, -0.1) is 0 Å². The molecule has 2 atom stereocenters. The van der Waals surface area contributed by atoms with Crippen molar-refractivity contribution >= 4 is 28.1 Å². The van der Waals surface area contributed by atoms with Crippen molar-refractivity contribution in [1.29, 1.82) is 0 Å². The van der Waals surface area contributed by atoms with E-state index in [1.165, 1.54) is 5.56 Å².